The van der Waals surface area contributed by atoms with Crippen molar-refractivity contribution in [1.82, 2.24) is 20.9 Å². The van der Waals surface area contributed by atoms with Gasteiger partial charge in [0.05, 0.1) is 0 Å². The highest BCUT2D eigenvalue weighted by Gasteiger charge is 2.33. The molecule has 0 aromatic heterocycles. The molecule has 1 radical (unpaired) electrons. The zero-order valence-corrected chi connectivity index (χ0v) is 11.0. The Morgan fingerprint density at radius 2 is 1.90 bits per heavy atom. The Bertz CT molecular complexity index is 532. The average molecular weight is 275 g/mol. The Hall–Kier alpha value is -2.57. The summed E-state index contributed by atoms with van der Waals surface area (Å²) >= 11 is 0. The number of benzene rings is 1. The van der Waals surface area contributed by atoms with Crippen LogP contribution in [0, 0.1) is 0 Å². The van der Waals surface area contributed by atoms with Crippen LogP contribution in [0.25, 0.3) is 0 Å². The van der Waals surface area contributed by atoms with Crippen molar-refractivity contribution in [2.75, 3.05) is 20.1 Å². The fourth-order valence-corrected chi connectivity index (χ4v) is 1.98. The van der Waals surface area contributed by atoms with Crippen LogP contribution in [0.5, 0.6) is 0 Å². The van der Waals surface area contributed by atoms with Gasteiger partial charge in [-0.25, -0.2) is 14.5 Å². The Labute approximate surface area is 116 Å². The van der Waals surface area contributed by atoms with Gasteiger partial charge < -0.3 is 10.2 Å². The minimum atomic E-state index is -1.07. The predicted molar refractivity (Wildman–Crippen MR) is 70.6 cm³/mol. The van der Waals surface area contributed by atoms with E-state index in [1.54, 1.807) is 37.4 Å². The number of carbonyl (C=O) groups is 3. The number of nitrogens with one attached hydrogen (secondary N) is 2. The average Bonchev–Trinajstić information content (AvgIpc) is 2.77. The first-order valence-corrected chi connectivity index (χ1v) is 6.14. The van der Waals surface area contributed by atoms with E-state index in [1.807, 2.05) is 0 Å². The zero-order valence-electron chi connectivity index (χ0n) is 11.0. The van der Waals surface area contributed by atoms with E-state index in [2.05, 4.69) is 5.32 Å². The highest BCUT2D eigenvalue weighted by Crippen LogP contribution is 2.14. The van der Waals surface area contributed by atoms with Gasteiger partial charge in [0.1, 0.15) is 6.04 Å². The van der Waals surface area contributed by atoms with Crippen LogP contribution in [0.2, 0.25) is 0 Å². The third-order valence-electron chi connectivity index (χ3n) is 3.12. The number of rotatable bonds is 3. The lowest BCUT2D eigenvalue weighted by atomic mass is 10.1. The summed E-state index contributed by atoms with van der Waals surface area (Å²) in [7, 11) is 1.60. The minimum absolute atomic E-state index is 0.273. The van der Waals surface area contributed by atoms with Crippen molar-refractivity contribution in [3.8, 4) is 0 Å². The molecule has 1 unspecified atom stereocenters. The largest absolute Gasteiger partial charge is 0.328 e. The summed E-state index contributed by atoms with van der Waals surface area (Å²) in [6.45, 7) is 0.728. The van der Waals surface area contributed by atoms with Gasteiger partial charge in [0.25, 0.3) is 5.91 Å². The molecule has 0 saturated carbocycles. The van der Waals surface area contributed by atoms with Gasteiger partial charge in [0, 0.05) is 20.1 Å². The number of urea groups is 2. The summed E-state index contributed by atoms with van der Waals surface area (Å²) < 4.78 is 0. The molecule has 1 saturated heterocycles. The van der Waals surface area contributed by atoms with Crippen molar-refractivity contribution >= 4 is 18.0 Å². The Kier molecular flexibility index (Phi) is 3.88. The standard InChI is InChI=1S/C13H15N4O3/c1-16-7-8-17(13(16)20)12(19)15-10(11(14)18)9-5-3-2-4-6-9/h2-6,10,14H,7-8H2,1H3,(H,15,19). The summed E-state index contributed by atoms with van der Waals surface area (Å²) in [5.74, 6) is -0.926. The molecule has 0 aliphatic carbocycles. The molecule has 1 atom stereocenters. The Morgan fingerprint density at radius 3 is 2.40 bits per heavy atom. The maximum Gasteiger partial charge on any atom is 0.328 e. The summed E-state index contributed by atoms with van der Waals surface area (Å²) in [5, 5.41) is 2.43. The van der Waals surface area contributed by atoms with Gasteiger partial charge in [-0.2, -0.15) is 0 Å². The second kappa shape index (κ2) is 5.60. The van der Waals surface area contributed by atoms with E-state index >= 15 is 0 Å². The molecular weight excluding hydrogens is 260 g/mol. The number of hydrogen-bond donors (Lipinski definition) is 1. The molecule has 0 spiro atoms. The molecule has 0 bridgehead atoms. The van der Waals surface area contributed by atoms with Crippen molar-refractivity contribution in [1.29, 1.82) is 0 Å². The first-order chi connectivity index (χ1) is 9.50. The van der Waals surface area contributed by atoms with Crippen molar-refractivity contribution in [3.63, 3.8) is 0 Å². The maximum atomic E-state index is 12.0. The second-order valence-corrected chi connectivity index (χ2v) is 4.51. The molecule has 7 nitrogen and oxygen atoms in total. The van der Waals surface area contributed by atoms with E-state index in [-0.39, 0.29) is 6.54 Å². The van der Waals surface area contributed by atoms with Gasteiger partial charge in [-0.1, -0.05) is 30.3 Å². The fraction of sp³-hybridized carbons (Fsp3) is 0.308. The molecule has 1 aromatic rings. The molecular formula is C13H15N4O3. The number of carbonyl (C=O) groups excluding carboxylic acids is 3. The molecule has 20 heavy (non-hydrogen) atoms. The minimum Gasteiger partial charge on any atom is -0.326 e. The van der Waals surface area contributed by atoms with Crippen molar-refractivity contribution in [3.05, 3.63) is 35.9 Å². The molecule has 2 N–H and O–H groups in total. The normalized spacial score (nSPS) is 16.1. The quantitative estimate of drug-likeness (QED) is 0.875. The summed E-state index contributed by atoms with van der Waals surface area (Å²) in [4.78, 5) is 37.5. The SMILES string of the molecule is CN1CCN(C(=O)NC(C([NH])=O)c2ccccc2)C1=O. The Balaban J connectivity index is 2.12. The van der Waals surface area contributed by atoms with E-state index in [4.69, 9.17) is 5.73 Å². The molecule has 7 heteroatoms. The van der Waals surface area contributed by atoms with Crippen molar-refractivity contribution in [2.45, 2.75) is 6.04 Å². The number of nitrogens with zero attached hydrogens (tertiary/aromatic N) is 2. The predicted octanol–water partition coefficient (Wildman–Crippen LogP) is 0.614. The third-order valence-corrected chi connectivity index (χ3v) is 3.12. The fourth-order valence-electron chi connectivity index (χ4n) is 1.98. The topological polar surface area (TPSA) is 93.5 Å². The van der Waals surface area contributed by atoms with Crippen LogP contribution in [0.1, 0.15) is 11.6 Å². The summed E-state index contributed by atoms with van der Waals surface area (Å²) in [5.41, 5.74) is 7.77. The highest BCUT2D eigenvalue weighted by molar-refractivity contribution is 5.96. The van der Waals surface area contributed by atoms with Crippen LogP contribution in [0.15, 0.2) is 30.3 Å². The zero-order chi connectivity index (χ0) is 14.7. The number of likely N-dealkylation sites (N-methyl/N-ethyl adjacent to an activating group) is 1. The third kappa shape index (κ3) is 2.71. The number of hydrogen-bond acceptors (Lipinski definition) is 3. The van der Waals surface area contributed by atoms with Crippen LogP contribution < -0.4 is 11.1 Å². The first-order valence-electron chi connectivity index (χ1n) is 6.14. The smallest absolute Gasteiger partial charge is 0.326 e. The van der Waals surface area contributed by atoms with Crippen molar-refractivity contribution < 1.29 is 14.4 Å². The molecule has 1 aromatic carbocycles. The van der Waals surface area contributed by atoms with Crippen LogP contribution in [0.4, 0.5) is 9.59 Å². The first kappa shape index (κ1) is 13.9. The summed E-state index contributed by atoms with van der Waals surface area (Å²) in [6.07, 6.45) is 0. The van der Waals surface area contributed by atoms with Gasteiger partial charge in [0.15, 0.2) is 0 Å². The van der Waals surface area contributed by atoms with E-state index in [0.29, 0.717) is 12.1 Å². The van der Waals surface area contributed by atoms with E-state index in [9.17, 15) is 14.4 Å². The van der Waals surface area contributed by atoms with Crippen LogP contribution >= 0.6 is 0 Å². The highest BCUT2D eigenvalue weighted by atomic mass is 16.2. The van der Waals surface area contributed by atoms with Gasteiger partial charge in [-0.3, -0.25) is 10.5 Å². The molecule has 1 heterocycles. The van der Waals surface area contributed by atoms with E-state index in [1.165, 1.54) is 4.90 Å². The molecule has 1 aliphatic heterocycles. The molecule has 2 rings (SSSR count). The molecule has 1 aliphatic rings. The lowest BCUT2D eigenvalue weighted by molar-refractivity contribution is -0.120. The van der Waals surface area contributed by atoms with Gasteiger partial charge >= 0.3 is 12.1 Å². The molecule has 1 fully saturated rings. The summed E-state index contributed by atoms with van der Waals surface area (Å²) in [6, 6.07) is 6.36. The van der Waals surface area contributed by atoms with Gasteiger partial charge in [0.2, 0.25) is 0 Å². The lowest BCUT2D eigenvalue weighted by Crippen LogP contribution is -2.45. The Morgan fingerprint density at radius 1 is 1.25 bits per heavy atom. The monoisotopic (exact) mass is 275 g/mol. The van der Waals surface area contributed by atoms with Crippen molar-refractivity contribution in [2.24, 2.45) is 0 Å². The second-order valence-electron chi connectivity index (χ2n) is 4.51. The van der Waals surface area contributed by atoms with Gasteiger partial charge in [-0.15, -0.1) is 0 Å². The maximum absolute atomic E-state index is 12.0. The molecule has 105 valence electrons. The van der Waals surface area contributed by atoms with Crippen LogP contribution in [-0.2, 0) is 4.79 Å². The van der Waals surface area contributed by atoms with E-state index < -0.39 is 24.0 Å². The number of amides is 5. The van der Waals surface area contributed by atoms with E-state index in [0.717, 1.165) is 4.90 Å². The van der Waals surface area contributed by atoms with Crippen LogP contribution in [0.3, 0.4) is 0 Å². The van der Waals surface area contributed by atoms with Gasteiger partial charge in [-0.05, 0) is 5.56 Å². The lowest BCUT2D eigenvalue weighted by Gasteiger charge is -2.20. The molecule has 5 amide bonds. The van der Waals surface area contributed by atoms with Crippen LogP contribution in [-0.4, -0.2) is 47.9 Å². The number of imide groups is 1.